The minimum Gasteiger partial charge on any atom is -0.724 e. The van der Waals surface area contributed by atoms with Crippen LogP contribution in [0.4, 0.5) is 4.79 Å². The zero-order chi connectivity index (χ0) is 31.3. The van der Waals surface area contributed by atoms with Crippen molar-refractivity contribution in [1.29, 1.82) is 0 Å². The lowest BCUT2D eigenvalue weighted by Crippen LogP contribution is -2.36. The molecule has 1 aromatic heterocycles. The first-order chi connectivity index (χ1) is 21.1. The maximum absolute atomic E-state index is 12.0. The van der Waals surface area contributed by atoms with E-state index in [1.54, 1.807) is 6.08 Å². The van der Waals surface area contributed by atoms with Crippen LogP contribution < -0.4 is 21.5 Å². The van der Waals surface area contributed by atoms with Crippen LogP contribution in [0.25, 0.3) is 5.57 Å². The summed E-state index contributed by atoms with van der Waals surface area (Å²) in [6.45, 7) is 2.52. The average molecular weight is 631 g/mol. The number of urea groups is 1. The average Bonchev–Trinajstić information content (AvgIpc) is 3.26. The van der Waals surface area contributed by atoms with Crippen molar-refractivity contribution in [2.75, 3.05) is 13.1 Å². The van der Waals surface area contributed by atoms with Crippen molar-refractivity contribution in [3.63, 3.8) is 0 Å². The maximum Gasteiger partial charge on any atom is 0.346 e. The Kier molecular flexibility index (Phi) is 9.22. The van der Waals surface area contributed by atoms with Crippen LogP contribution >= 0.6 is 7.26 Å². The summed E-state index contributed by atoms with van der Waals surface area (Å²) in [4.78, 5) is 24.7. The number of benzene rings is 3. The zero-order valence-corrected chi connectivity index (χ0v) is 25.8. The highest BCUT2D eigenvalue weighted by Crippen LogP contribution is 2.56. The van der Waals surface area contributed by atoms with Crippen molar-refractivity contribution < 1.29 is 22.0 Å². The molecule has 3 aromatic carbocycles. The zero-order valence-electron chi connectivity index (χ0n) is 24.1. The number of rotatable bonds is 7. The Morgan fingerprint density at radius 3 is 1.84 bits per heavy atom. The molecule has 1 fully saturated rings. The Morgan fingerprint density at radius 1 is 0.864 bits per heavy atom. The quantitative estimate of drug-likeness (QED) is 0.175. The lowest BCUT2D eigenvalue weighted by Gasteiger charge is -2.24. The minimum absolute atomic E-state index is 0.171. The van der Waals surface area contributed by atoms with Crippen molar-refractivity contribution >= 4 is 45.2 Å². The van der Waals surface area contributed by atoms with Gasteiger partial charge in [-0.05, 0) is 49.4 Å². The van der Waals surface area contributed by atoms with E-state index in [1.807, 2.05) is 0 Å². The van der Waals surface area contributed by atoms with E-state index in [9.17, 15) is 22.6 Å². The molecule has 1 saturated heterocycles. The van der Waals surface area contributed by atoms with Gasteiger partial charge in [-0.2, -0.15) is 14.4 Å². The molecule has 44 heavy (non-hydrogen) atoms. The van der Waals surface area contributed by atoms with E-state index in [0.717, 1.165) is 4.68 Å². The van der Waals surface area contributed by atoms with Gasteiger partial charge in [0, 0.05) is 25.2 Å². The molecule has 226 valence electrons. The van der Waals surface area contributed by atoms with Gasteiger partial charge in [0.2, 0.25) is 10.4 Å². The third-order valence-corrected chi connectivity index (χ3v) is 11.7. The topological polar surface area (TPSA) is 125 Å². The summed E-state index contributed by atoms with van der Waals surface area (Å²) in [7, 11) is -5.34. The Morgan fingerprint density at radius 2 is 1.39 bits per heavy atom. The second-order valence-corrected chi connectivity index (χ2v) is 14.3. The monoisotopic (exact) mass is 630 g/mol. The molecule has 2 aliphatic heterocycles. The predicted octanol–water partition coefficient (Wildman–Crippen LogP) is 3.19. The Hall–Kier alpha value is -4.41. The summed E-state index contributed by atoms with van der Waals surface area (Å²) in [5.74, 6) is 2.41. The van der Waals surface area contributed by atoms with E-state index in [-0.39, 0.29) is 18.6 Å². The number of nitrogens with zero attached hydrogens (tertiary/aromatic N) is 4. The molecule has 0 saturated carbocycles. The van der Waals surface area contributed by atoms with E-state index in [1.165, 1.54) is 40.0 Å². The van der Waals surface area contributed by atoms with Crippen molar-refractivity contribution in [2.45, 2.75) is 13.0 Å². The SMILES string of the molecule is C/C=C\[P+](c1ccccc1)(c1ccccc1)c1ccccc1.Cn1nc(C2=CCN3CC2N(OS(=O)(=O)[O-])C3=O)ccc1=O. The largest absolute Gasteiger partial charge is 0.724 e. The smallest absolute Gasteiger partial charge is 0.346 e. The summed E-state index contributed by atoms with van der Waals surface area (Å²) in [5.41, 5.74) is 0.610. The Bertz CT molecular complexity index is 1750. The van der Waals surface area contributed by atoms with Crippen LogP contribution in [0.3, 0.4) is 0 Å². The van der Waals surface area contributed by atoms with Crippen LogP contribution in [0.5, 0.6) is 0 Å². The summed E-state index contributed by atoms with van der Waals surface area (Å²) in [5, 5.41) is 8.78. The van der Waals surface area contributed by atoms with E-state index in [0.29, 0.717) is 16.3 Å². The molecular formula is C32H31N4O6PS. The standard InChI is InChI=1S/C21H20P.C11H12N4O6S/c1-2-18-22(19-12-6-3-7-13-19,20-14-8-4-9-15-20)21-16-10-5-11-17-21;1-13-10(16)3-2-8(12-13)7-4-5-14-6-9(7)15(11(14)17)21-22(18,19)20/h2-18H,1H3;2-4,9H,5-6H2,1H3,(H,18,19,20)/q+1;/p-1/b18-2-;. The lowest BCUT2D eigenvalue weighted by molar-refractivity contribution is -0.0172. The van der Waals surface area contributed by atoms with Crippen molar-refractivity contribution in [2.24, 2.45) is 7.05 Å². The predicted molar refractivity (Wildman–Crippen MR) is 171 cm³/mol. The van der Waals surface area contributed by atoms with Crippen molar-refractivity contribution in [3.8, 4) is 0 Å². The number of amides is 2. The van der Waals surface area contributed by atoms with Crippen LogP contribution in [0, 0.1) is 0 Å². The summed E-state index contributed by atoms with van der Waals surface area (Å²) in [6, 6.07) is 33.9. The number of hydroxylamine groups is 2. The number of carbonyl (C=O) groups is 1. The number of allylic oxidation sites excluding steroid dienone is 1. The summed E-state index contributed by atoms with van der Waals surface area (Å²) < 4.78 is 37.7. The van der Waals surface area contributed by atoms with Crippen LogP contribution in [-0.2, 0) is 21.7 Å². The lowest BCUT2D eigenvalue weighted by atomic mass is 10.0. The molecule has 2 aliphatic rings. The molecule has 1 unspecified atom stereocenters. The maximum atomic E-state index is 12.0. The molecule has 1 atom stereocenters. The van der Waals surface area contributed by atoms with Crippen LogP contribution in [0.1, 0.15) is 12.6 Å². The van der Waals surface area contributed by atoms with E-state index < -0.39 is 29.7 Å². The van der Waals surface area contributed by atoms with Gasteiger partial charge in [-0.25, -0.2) is 17.9 Å². The van der Waals surface area contributed by atoms with E-state index in [4.69, 9.17) is 0 Å². The molecule has 0 N–H and O–H groups in total. The van der Waals surface area contributed by atoms with E-state index >= 15 is 0 Å². The summed E-state index contributed by atoms with van der Waals surface area (Å²) >= 11 is 0. The molecule has 4 aromatic rings. The second kappa shape index (κ2) is 13.1. The molecule has 0 aliphatic carbocycles. The normalized spacial score (nSPS) is 16.5. The molecule has 6 rings (SSSR count). The van der Waals surface area contributed by atoms with Gasteiger partial charge in [0.05, 0.1) is 18.1 Å². The first-order valence-corrected chi connectivity index (χ1v) is 17.0. The molecule has 2 amide bonds. The third kappa shape index (κ3) is 6.41. The van der Waals surface area contributed by atoms with Crippen LogP contribution in [0.15, 0.2) is 126 Å². The van der Waals surface area contributed by atoms with Gasteiger partial charge in [-0.3, -0.25) is 4.79 Å². The number of hydrogen-bond acceptors (Lipinski definition) is 7. The molecular weight excluding hydrogens is 599 g/mol. The fraction of sp³-hybridized carbons (Fsp3) is 0.156. The molecule has 0 radical (unpaired) electrons. The molecule has 10 nitrogen and oxygen atoms in total. The molecule has 2 bridgehead atoms. The van der Waals surface area contributed by atoms with Gasteiger partial charge in [0.15, 0.2) is 0 Å². The highest BCUT2D eigenvalue weighted by Gasteiger charge is 2.45. The van der Waals surface area contributed by atoms with Gasteiger partial charge in [-0.15, -0.1) is 0 Å². The summed E-state index contributed by atoms with van der Waals surface area (Å²) in [6.07, 6.45) is 3.88. The Labute approximate surface area is 256 Å². The van der Waals surface area contributed by atoms with Gasteiger partial charge < -0.3 is 9.45 Å². The molecule has 3 heterocycles. The first-order valence-electron chi connectivity index (χ1n) is 13.8. The Balaban J connectivity index is 0.000000175. The fourth-order valence-electron chi connectivity index (χ4n) is 5.39. The van der Waals surface area contributed by atoms with Gasteiger partial charge >= 0.3 is 6.03 Å². The van der Waals surface area contributed by atoms with Crippen LogP contribution in [-0.4, -0.2) is 57.9 Å². The molecule has 0 spiro atoms. The minimum atomic E-state index is -5.07. The van der Waals surface area contributed by atoms with Crippen molar-refractivity contribution in [3.05, 3.63) is 137 Å². The number of aromatic nitrogens is 2. The van der Waals surface area contributed by atoms with E-state index in [2.05, 4.69) is 119 Å². The second-order valence-electron chi connectivity index (χ2n) is 10.1. The molecule has 12 heteroatoms. The van der Waals surface area contributed by atoms with Gasteiger partial charge in [0.1, 0.15) is 29.2 Å². The highest BCUT2D eigenvalue weighted by molar-refractivity contribution is 7.98. The van der Waals surface area contributed by atoms with Gasteiger partial charge in [0.25, 0.3) is 5.56 Å². The van der Waals surface area contributed by atoms with Gasteiger partial charge in [-0.1, -0.05) is 66.7 Å². The highest BCUT2D eigenvalue weighted by atomic mass is 32.3. The number of carbonyl (C=O) groups excluding carboxylic acids is 1. The first kappa shape index (κ1) is 31.0. The number of fused-ring (bicyclic) bond motifs is 2. The third-order valence-electron chi connectivity index (χ3n) is 7.32. The van der Waals surface area contributed by atoms with Crippen LogP contribution in [0.2, 0.25) is 0 Å². The van der Waals surface area contributed by atoms with Crippen molar-refractivity contribution in [1.82, 2.24) is 19.7 Å². The number of aryl methyl sites for hydroxylation is 1. The number of hydrogen-bond donors (Lipinski definition) is 0. The fourth-order valence-corrected chi connectivity index (χ4v) is 9.54.